The number of benzene rings is 1. The maximum Gasteiger partial charge on any atom is 0.126 e. The summed E-state index contributed by atoms with van der Waals surface area (Å²) in [7, 11) is 1.92. The summed E-state index contributed by atoms with van der Waals surface area (Å²) in [4.78, 5) is 0. The van der Waals surface area contributed by atoms with Crippen molar-refractivity contribution in [1.82, 2.24) is 5.32 Å². The molecule has 3 heteroatoms. The van der Waals surface area contributed by atoms with E-state index in [1.54, 1.807) is 12.1 Å². The molecule has 0 aliphatic rings. The summed E-state index contributed by atoms with van der Waals surface area (Å²) in [5.74, 6) is -0.154. The van der Waals surface area contributed by atoms with Crippen LogP contribution in [0.2, 0.25) is 5.02 Å². The highest BCUT2D eigenvalue weighted by Crippen LogP contribution is 2.16. The van der Waals surface area contributed by atoms with E-state index in [9.17, 15) is 4.39 Å². The molecule has 1 rings (SSSR count). The normalized spacial score (nSPS) is 10.5. The summed E-state index contributed by atoms with van der Waals surface area (Å²) >= 11 is 5.78. The molecule has 0 saturated heterocycles. The summed E-state index contributed by atoms with van der Waals surface area (Å²) in [5.41, 5.74) is 0.716. The Balaban J connectivity index is 2.45. The number of aryl methyl sites for hydroxylation is 1. The van der Waals surface area contributed by atoms with Crippen LogP contribution >= 0.6 is 11.6 Å². The zero-order valence-corrected chi connectivity index (χ0v) is 9.07. The predicted octanol–water partition coefficient (Wildman–Crippen LogP) is 3.02. The molecule has 0 aromatic heterocycles. The van der Waals surface area contributed by atoms with Gasteiger partial charge in [-0.15, -0.1) is 0 Å². The van der Waals surface area contributed by atoms with Gasteiger partial charge in [-0.3, -0.25) is 0 Å². The second kappa shape index (κ2) is 5.99. The summed E-state index contributed by atoms with van der Waals surface area (Å²) in [6.45, 7) is 0.974. The molecule has 1 N–H and O–H groups in total. The highest BCUT2D eigenvalue weighted by molar-refractivity contribution is 6.30. The fraction of sp³-hybridized carbons (Fsp3) is 0.455. The van der Waals surface area contributed by atoms with Crippen molar-refractivity contribution >= 4 is 11.6 Å². The minimum atomic E-state index is -0.154. The van der Waals surface area contributed by atoms with E-state index in [0.717, 1.165) is 25.8 Å². The van der Waals surface area contributed by atoms with E-state index in [1.807, 2.05) is 7.05 Å². The Morgan fingerprint density at radius 1 is 1.36 bits per heavy atom. The van der Waals surface area contributed by atoms with Gasteiger partial charge in [0.05, 0.1) is 0 Å². The molecule has 0 aliphatic carbocycles. The molecule has 0 heterocycles. The van der Waals surface area contributed by atoms with Crippen LogP contribution in [-0.4, -0.2) is 13.6 Å². The highest BCUT2D eigenvalue weighted by Gasteiger charge is 2.02. The molecule has 0 atom stereocenters. The zero-order chi connectivity index (χ0) is 10.4. The van der Waals surface area contributed by atoms with Crippen LogP contribution in [0, 0.1) is 5.82 Å². The number of hydrogen-bond donors (Lipinski definition) is 1. The van der Waals surface area contributed by atoms with Crippen molar-refractivity contribution in [3.63, 3.8) is 0 Å². The Morgan fingerprint density at radius 3 is 2.86 bits per heavy atom. The van der Waals surface area contributed by atoms with E-state index < -0.39 is 0 Å². The van der Waals surface area contributed by atoms with Gasteiger partial charge in [0.25, 0.3) is 0 Å². The van der Waals surface area contributed by atoms with Crippen molar-refractivity contribution in [2.75, 3.05) is 13.6 Å². The molecule has 14 heavy (non-hydrogen) atoms. The molecule has 0 saturated carbocycles. The van der Waals surface area contributed by atoms with Gasteiger partial charge >= 0.3 is 0 Å². The molecule has 78 valence electrons. The lowest BCUT2D eigenvalue weighted by Gasteiger charge is -2.03. The summed E-state index contributed by atoms with van der Waals surface area (Å²) in [6.07, 6.45) is 2.80. The number of unbranched alkanes of at least 4 members (excludes halogenated alkanes) is 1. The van der Waals surface area contributed by atoms with Gasteiger partial charge in [0.1, 0.15) is 5.82 Å². The second-order valence-corrected chi connectivity index (χ2v) is 3.73. The van der Waals surface area contributed by atoms with Crippen LogP contribution in [-0.2, 0) is 6.42 Å². The number of nitrogens with one attached hydrogen (secondary N) is 1. The lowest BCUT2D eigenvalue weighted by molar-refractivity contribution is 0.596. The van der Waals surface area contributed by atoms with Gasteiger partial charge < -0.3 is 5.32 Å². The molecular formula is C11H15ClFN. The van der Waals surface area contributed by atoms with Gasteiger partial charge in [0.15, 0.2) is 0 Å². The first-order valence-electron chi connectivity index (χ1n) is 4.82. The lowest BCUT2D eigenvalue weighted by atomic mass is 10.1. The number of hydrogen-bond acceptors (Lipinski definition) is 1. The van der Waals surface area contributed by atoms with Crippen LogP contribution in [0.1, 0.15) is 18.4 Å². The van der Waals surface area contributed by atoms with E-state index in [1.165, 1.54) is 6.07 Å². The van der Waals surface area contributed by atoms with Crippen LogP contribution < -0.4 is 5.32 Å². The van der Waals surface area contributed by atoms with E-state index in [2.05, 4.69) is 5.32 Å². The van der Waals surface area contributed by atoms with Crippen molar-refractivity contribution in [3.8, 4) is 0 Å². The highest BCUT2D eigenvalue weighted by atomic mass is 35.5. The summed E-state index contributed by atoms with van der Waals surface area (Å²) in [6, 6.07) is 4.71. The average Bonchev–Trinajstić information content (AvgIpc) is 2.18. The van der Waals surface area contributed by atoms with E-state index in [0.29, 0.717) is 10.6 Å². The molecule has 0 aliphatic heterocycles. The first kappa shape index (κ1) is 11.5. The smallest absolute Gasteiger partial charge is 0.126 e. The predicted molar refractivity (Wildman–Crippen MR) is 58.3 cm³/mol. The van der Waals surface area contributed by atoms with Crippen molar-refractivity contribution in [2.45, 2.75) is 19.3 Å². The molecule has 0 spiro atoms. The van der Waals surface area contributed by atoms with Crippen molar-refractivity contribution in [3.05, 3.63) is 34.6 Å². The Hall–Kier alpha value is -0.600. The van der Waals surface area contributed by atoms with Gasteiger partial charge in [-0.2, -0.15) is 0 Å². The fourth-order valence-electron chi connectivity index (χ4n) is 1.35. The first-order chi connectivity index (χ1) is 6.74. The van der Waals surface area contributed by atoms with Crippen LogP contribution in [0.25, 0.3) is 0 Å². The first-order valence-corrected chi connectivity index (χ1v) is 5.20. The molecular weight excluding hydrogens is 201 g/mol. The Labute approximate surface area is 89.3 Å². The molecule has 1 nitrogen and oxygen atoms in total. The Bertz CT molecular complexity index is 289. The maximum atomic E-state index is 13.2. The van der Waals surface area contributed by atoms with Crippen LogP contribution in [0.3, 0.4) is 0 Å². The fourth-order valence-corrected chi connectivity index (χ4v) is 1.55. The molecule has 0 bridgehead atoms. The molecule has 0 radical (unpaired) electrons. The van der Waals surface area contributed by atoms with E-state index >= 15 is 0 Å². The van der Waals surface area contributed by atoms with Crippen molar-refractivity contribution in [2.24, 2.45) is 0 Å². The third kappa shape index (κ3) is 3.64. The minimum Gasteiger partial charge on any atom is -0.320 e. The zero-order valence-electron chi connectivity index (χ0n) is 8.32. The van der Waals surface area contributed by atoms with E-state index in [4.69, 9.17) is 11.6 Å². The Kier molecular flexibility index (Phi) is 4.91. The lowest BCUT2D eigenvalue weighted by Crippen LogP contribution is -2.07. The van der Waals surface area contributed by atoms with Gasteiger partial charge in [-0.25, -0.2) is 4.39 Å². The quantitative estimate of drug-likeness (QED) is 0.745. The topological polar surface area (TPSA) is 12.0 Å². The van der Waals surface area contributed by atoms with Gasteiger partial charge in [-0.1, -0.05) is 11.6 Å². The standard InChI is InChI=1S/C11H15ClFN/c1-14-7-3-2-4-9-8-10(12)5-6-11(9)13/h5-6,8,14H,2-4,7H2,1H3. The monoisotopic (exact) mass is 215 g/mol. The second-order valence-electron chi connectivity index (χ2n) is 3.30. The third-order valence-electron chi connectivity index (χ3n) is 2.13. The average molecular weight is 216 g/mol. The molecule has 0 amide bonds. The molecule has 1 aromatic carbocycles. The Morgan fingerprint density at radius 2 is 2.14 bits per heavy atom. The maximum absolute atomic E-state index is 13.2. The number of halogens is 2. The molecule has 0 fully saturated rings. The van der Waals surface area contributed by atoms with Crippen LogP contribution in [0.4, 0.5) is 4.39 Å². The van der Waals surface area contributed by atoms with Gasteiger partial charge in [-0.05, 0) is 56.6 Å². The molecule has 0 unspecified atom stereocenters. The minimum absolute atomic E-state index is 0.154. The van der Waals surface area contributed by atoms with Gasteiger partial charge in [0, 0.05) is 5.02 Å². The van der Waals surface area contributed by atoms with Gasteiger partial charge in [0.2, 0.25) is 0 Å². The number of rotatable bonds is 5. The third-order valence-corrected chi connectivity index (χ3v) is 2.37. The van der Waals surface area contributed by atoms with Crippen LogP contribution in [0.5, 0.6) is 0 Å². The van der Waals surface area contributed by atoms with Crippen molar-refractivity contribution < 1.29 is 4.39 Å². The van der Waals surface area contributed by atoms with Crippen molar-refractivity contribution in [1.29, 1.82) is 0 Å². The summed E-state index contributed by atoms with van der Waals surface area (Å²) in [5, 5.41) is 3.67. The largest absolute Gasteiger partial charge is 0.320 e. The van der Waals surface area contributed by atoms with E-state index in [-0.39, 0.29) is 5.82 Å². The van der Waals surface area contributed by atoms with Crippen LogP contribution in [0.15, 0.2) is 18.2 Å². The molecule has 1 aromatic rings. The summed E-state index contributed by atoms with van der Waals surface area (Å²) < 4.78 is 13.2. The SMILES string of the molecule is CNCCCCc1cc(Cl)ccc1F.